The molecule has 0 fully saturated rings. The summed E-state index contributed by atoms with van der Waals surface area (Å²) in [4.78, 5) is 3.92. The third-order valence-electron chi connectivity index (χ3n) is 2.03. The molecule has 0 aromatic carbocycles. The smallest absolute Gasteiger partial charge is 0.168 e. The second-order valence-corrected chi connectivity index (χ2v) is 3.63. The van der Waals surface area contributed by atoms with Crippen LogP contribution in [0, 0.1) is 0 Å². The van der Waals surface area contributed by atoms with Gasteiger partial charge >= 0.3 is 0 Å². The fourth-order valence-electron chi connectivity index (χ4n) is 1.32. The van der Waals surface area contributed by atoms with Crippen molar-refractivity contribution in [1.82, 2.24) is 4.98 Å². The van der Waals surface area contributed by atoms with Gasteiger partial charge in [-0.1, -0.05) is 11.6 Å². The van der Waals surface area contributed by atoms with Gasteiger partial charge < -0.3 is 14.9 Å². The quantitative estimate of drug-likeness (QED) is 0.889. The lowest BCUT2D eigenvalue weighted by Crippen LogP contribution is -2.17. The summed E-state index contributed by atoms with van der Waals surface area (Å²) < 4.78 is 10.9. The van der Waals surface area contributed by atoms with Crippen molar-refractivity contribution in [2.45, 2.75) is 6.10 Å². The van der Waals surface area contributed by atoms with Crippen LogP contribution in [0.3, 0.4) is 0 Å². The summed E-state index contributed by atoms with van der Waals surface area (Å²) in [6, 6.07) is 5.28. The van der Waals surface area contributed by atoms with Crippen LogP contribution in [0.1, 0.15) is 11.9 Å². The molecular weight excluding hydrogens is 228 g/mol. The zero-order valence-electron chi connectivity index (χ0n) is 8.47. The summed E-state index contributed by atoms with van der Waals surface area (Å²) >= 11 is 5.80. The van der Waals surface area contributed by atoms with E-state index < -0.39 is 0 Å². The van der Waals surface area contributed by atoms with Gasteiger partial charge in [-0.2, -0.15) is 0 Å². The maximum atomic E-state index is 5.80. The Hall–Kier alpha value is -1.52. The average molecular weight is 239 g/mol. The zero-order valence-corrected chi connectivity index (χ0v) is 9.22. The third kappa shape index (κ3) is 2.53. The number of rotatable bonds is 4. The second kappa shape index (κ2) is 5.01. The van der Waals surface area contributed by atoms with E-state index in [2.05, 4.69) is 4.98 Å². The van der Waals surface area contributed by atoms with Gasteiger partial charge in [-0.05, 0) is 12.1 Å². The van der Waals surface area contributed by atoms with Crippen LogP contribution < -0.4 is 10.5 Å². The fraction of sp³-hybridized carbons (Fsp3) is 0.182. The summed E-state index contributed by atoms with van der Waals surface area (Å²) in [5.41, 5.74) is 5.61. The van der Waals surface area contributed by atoms with Crippen LogP contribution in [0.15, 0.2) is 41.3 Å². The summed E-state index contributed by atoms with van der Waals surface area (Å²) in [7, 11) is 0. The molecule has 2 heterocycles. The molecule has 16 heavy (non-hydrogen) atoms. The van der Waals surface area contributed by atoms with Crippen molar-refractivity contribution in [2.75, 3.05) is 6.54 Å². The number of halogens is 1. The molecule has 1 unspecified atom stereocenters. The molecule has 0 aliphatic rings. The Labute approximate surface area is 98.0 Å². The molecule has 2 aromatic rings. The Morgan fingerprint density at radius 2 is 2.38 bits per heavy atom. The van der Waals surface area contributed by atoms with Crippen LogP contribution in [0.2, 0.25) is 5.02 Å². The molecule has 0 spiro atoms. The molecule has 1 atom stereocenters. The number of aromatic nitrogens is 1. The summed E-state index contributed by atoms with van der Waals surface area (Å²) in [6.07, 6.45) is 4.38. The van der Waals surface area contributed by atoms with E-state index in [1.54, 1.807) is 30.8 Å². The SMILES string of the molecule is NCC(Oc1cncc(Cl)c1)c1ccco1. The predicted octanol–water partition coefficient (Wildman–Crippen LogP) is 2.41. The molecule has 5 heteroatoms. The van der Waals surface area contributed by atoms with Crippen molar-refractivity contribution >= 4 is 11.6 Å². The summed E-state index contributed by atoms with van der Waals surface area (Å²) in [6.45, 7) is 0.319. The van der Waals surface area contributed by atoms with Crippen LogP contribution >= 0.6 is 11.6 Å². The topological polar surface area (TPSA) is 61.3 Å². The van der Waals surface area contributed by atoms with E-state index in [9.17, 15) is 0 Å². The first-order valence-corrected chi connectivity index (χ1v) is 5.18. The van der Waals surface area contributed by atoms with Crippen molar-refractivity contribution in [3.63, 3.8) is 0 Å². The molecule has 2 aromatic heterocycles. The minimum Gasteiger partial charge on any atom is -0.479 e. The first-order valence-electron chi connectivity index (χ1n) is 4.80. The lowest BCUT2D eigenvalue weighted by atomic mass is 10.3. The molecule has 0 radical (unpaired) electrons. The molecule has 84 valence electrons. The Kier molecular flexibility index (Phi) is 3.44. The number of hydrogen-bond donors (Lipinski definition) is 1. The minimum atomic E-state index is -0.324. The van der Waals surface area contributed by atoms with Crippen molar-refractivity contribution in [3.05, 3.63) is 47.6 Å². The van der Waals surface area contributed by atoms with Gasteiger partial charge in [-0.25, -0.2) is 0 Å². The number of ether oxygens (including phenoxy) is 1. The van der Waals surface area contributed by atoms with Crippen LogP contribution in [0.4, 0.5) is 0 Å². The van der Waals surface area contributed by atoms with Gasteiger partial charge in [0.15, 0.2) is 6.10 Å². The molecule has 0 saturated carbocycles. The predicted molar refractivity (Wildman–Crippen MR) is 60.4 cm³/mol. The lowest BCUT2D eigenvalue weighted by Gasteiger charge is -2.14. The average Bonchev–Trinajstić information content (AvgIpc) is 2.79. The maximum absolute atomic E-state index is 5.80. The van der Waals surface area contributed by atoms with Gasteiger partial charge in [0.2, 0.25) is 0 Å². The molecule has 2 rings (SSSR count). The molecule has 0 amide bonds. The second-order valence-electron chi connectivity index (χ2n) is 3.20. The molecule has 0 aliphatic carbocycles. The van der Waals surface area contributed by atoms with Gasteiger partial charge in [0.05, 0.1) is 17.5 Å². The highest BCUT2D eigenvalue weighted by atomic mass is 35.5. The van der Waals surface area contributed by atoms with E-state index >= 15 is 0 Å². The first kappa shape index (κ1) is 11.0. The number of nitrogens with two attached hydrogens (primary N) is 1. The van der Waals surface area contributed by atoms with E-state index in [0.29, 0.717) is 23.1 Å². The molecule has 0 saturated heterocycles. The van der Waals surface area contributed by atoms with E-state index in [4.69, 9.17) is 26.5 Å². The molecule has 0 aliphatic heterocycles. The number of pyridine rings is 1. The molecule has 4 nitrogen and oxygen atoms in total. The summed E-state index contributed by atoms with van der Waals surface area (Å²) in [5, 5.41) is 0.521. The van der Waals surface area contributed by atoms with Crippen LogP contribution in [-0.2, 0) is 0 Å². The Balaban J connectivity index is 2.13. The van der Waals surface area contributed by atoms with Crippen molar-refractivity contribution in [1.29, 1.82) is 0 Å². The van der Waals surface area contributed by atoms with Crippen LogP contribution in [0.25, 0.3) is 0 Å². The highest BCUT2D eigenvalue weighted by Crippen LogP contribution is 2.22. The van der Waals surface area contributed by atoms with Gasteiger partial charge in [-0.3, -0.25) is 4.98 Å². The highest BCUT2D eigenvalue weighted by Gasteiger charge is 2.14. The van der Waals surface area contributed by atoms with E-state index in [1.807, 2.05) is 6.07 Å². The normalized spacial score (nSPS) is 12.4. The third-order valence-corrected chi connectivity index (χ3v) is 2.24. The van der Waals surface area contributed by atoms with E-state index in [0.717, 1.165) is 0 Å². The van der Waals surface area contributed by atoms with Crippen LogP contribution in [-0.4, -0.2) is 11.5 Å². The van der Waals surface area contributed by atoms with Crippen molar-refractivity contribution < 1.29 is 9.15 Å². The lowest BCUT2D eigenvalue weighted by molar-refractivity contribution is 0.183. The summed E-state index contributed by atoms with van der Waals surface area (Å²) in [5.74, 6) is 1.25. The zero-order chi connectivity index (χ0) is 11.4. The number of nitrogens with zero attached hydrogens (tertiary/aromatic N) is 1. The van der Waals surface area contributed by atoms with Gasteiger partial charge in [-0.15, -0.1) is 0 Å². The molecule has 0 bridgehead atoms. The van der Waals surface area contributed by atoms with Crippen molar-refractivity contribution in [2.24, 2.45) is 5.73 Å². The van der Waals surface area contributed by atoms with Gasteiger partial charge in [0.1, 0.15) is 11.5 Å². The Bertz CT molecular complexity index is 445. The fourth-order valence-corrected chi connectivity index (χ4v) is 1.48. The number of furan rings is 1. The first-order chi connectivity index (χ1) is 7.79. The molecule has 2 N–H and O–H groups in total. The molecular formula is C11H11ClN2O2. The highest BCUT2D eigenvalue weighted by molar-refractivity contribution is 6.30. The van der Waals surface area contributed by atoms with Gasteiger partial charge in [0.25, 0.3) is 0 Å². The monoisotopic (exact) mass is 238 g/mol. The minimum absolute atomic E-state index is 0.319. The van der Waals surface area contributed by atoms with E-state index in [-0.39, 0.29) is 6.10 Å². The Morgan fingerprint density at radius 1 is 1.50 bits per heavy atom. The number of hydrogen-bond acceptors (Lipinski definition) is 4. The van der Waals surface area contributed by atoms with E-state index in [1.165, 1.54) is 0 Å². The largest absolute Gasteiger partial charge is 0.479 e. The van der Waals surface area contributed by atoms with Crippen LogP contribution in [0.5, 0.6) is 5.75 Å². The maximum Gasteiger partial charge on any atom is 0.168 e. The standard InChI is InChI=1S/C11H11ClN2O2/c12-8-4-9(7-14-6-8)16-11(5-13)10-2-1-3-15-10/h1-4,6-7,11H,5,13H2. The van der Waals surface area contributed by atoms with Crippen molar-refractivity contribution in [3.8, 4) is 5.75 Å². The van der Waals surface area contributed by atoms with Gasteiger partial charge in [0, 0.05) is 18.8 Å². The Morgan fingerprint density at radius 3 is 3.00 bits per heavy atom.